The van der Waals surface area contributed by atoms with E-state index in [1.165, 1.54) is 5.56 Å². The van der Waals surface area contributed by atoms with Gasteiger partial charge in [0.15, 0.2) is 0 Å². The Labute approximate surface area is 171 Å². The lowest BCUT2D eigenvalue weighted by atomic mass is 10.1. The Kier molecular flexibility index (Phi) is 5.45. The molecule has 0 radical (unpaired) electrons. The van der Waals surface area contributed by atoms with Gasteiger partial charge in [-0.2, -0.15) is 12.7 Å². The average Bonchev–Trinajstić information content (AvgIpc) is 3.04. The predicted octanol–water partition coefficient (Wildman–Crippen LogP) is 5.26. The summed E-state index contributed by atoms with van der Waals surface area (Å²) < 4.78 is 31.7. The summed E-state index contributed by atoms with van der Waals surface area (Å²) in [4.78, 5) is 0. The molecule has 4 rings (SSSR count). The first kappa shape index (κ1) is 19.4. The molecule has 1 aliphatic heterocycles. The van der Waals surface area contributed by atoms with Crippen molar-refractivity contribution < 1.29 is 8.42 Å². The molecule has 6 heteroatoms. The van der Waals surface area contributed by atoms with Crippen molar-refractivity contribution in [1.82, 2.24) is 4.31 Å². The minimum Gasteiger partial charge on any atom is -0.244 e. The van der Waals surface area contributed by atoms with Crippen LogP contribution in [0.3, 0.4) is 0 Å². The fourth-order valence-electron chi connectivity index (χ4n) is 3.75. The first-order valence-corrected chi connectivity index (χ1v) is 12.0. The summed E-state index contributed by atoms with van der Waals surface area (Å²) >= 11 is 1.57. The second-order valence-corrected chi connectivity index (χ2v) is 10.4. The number of anilines is 1. The number of aryl methyl sites for hydroxylation is 2. The fraction of sp³-hybridized carbons (Fsp3) is 0.364. The number of hydrogen-bond acceptors (Lipinski definition) is 3. The third-order valence-electron chi connectivity index (χ3n) is 5.41. The van der Waals surface area contributed by atoms with Gasteiger partial charge < -0.3 is 0 Å². The van der Waals surface area contributed by atoms with Gasteiger partial charge in [-0.3, -0.25) is 0 Å². The van der Waals surface area contributed by atoms with Crippen LogP contribution in [0.15, 0.2) is 48.5 Å². The third-order valence-corrected chi connectivity index (χ3v) is 8.71. The van der Waals surface area contributed by atoms with Crippen molar-refractivity contribution in [3.63, 3.8) is 0 Å². The van der Waals surface area contributed by atoms with E-state index in [-0.39, 0.29) is 0 Å². The Bertz CT molecular complexity index is 1070. The highest BCUT2D eigenvalue weighted by molar-refractivity contribution is 7.90. The number of thiophene rings is 1. The van der Waals surface area contributed by atoms with Crippen LogP contribution in [-0.4, -0.2) is 25.8 Å². The van der Waals surface area contributed by atoms with Crippen molar-refractivity contribution in [2.24, 2.45) is 0 Å². The van der Waals surface area contributed by atoms with Gasteiger partial charge in [0.1, 0.15) is 5.00 Å². The summed E-state index contributed by atoms with van der Waals surface area (Å²) in [6.45, 7) is 5.64. The summed E-state index contributed by atoms with van der Waals surface area (Å²) in [6.07, 6.45) is 2.97. The van der Waals surface area contributed by atoms with Crippen molar-refractivity contribution in [3.05, 3.63) is 65.2 Å². The Morgan fingerprint density at radius 2 is 1.64 bits per heavy atom. The first-order valence-electron chi connectivity index (χ1n) is 9.78. The normalized spacial score (nSPS) is 15.8. The topological polar surface area (TPSA) is 40.6 Å². The second-order valence-electron chi connectivity index (χ2n) is 7.49. The van der Waals surface area contributed by atoms with Gasteiger partial charge in [0.05, 0.1) is 6.54 Å². The van der Waals surface area contributed by atoms with Crippen molar-refractivity contribution in [1.29, 1.82) is 0 Å². The molecule has 0 unspecified atom stereocenters. The van der Waals surface area contributed by atoms with Crippen molar-refractivity contribution in [3.8, 4) is 0 Å². The number of rotatable bonds is 5. The maximum atomic E-state index is 13.6. The van der Waals surface area contributed by atoms with Crippen LogP contribution in [0.1, 0.15) is 36.0 Å². The predicted molar refractivity (Wildman–Crippen MR) is 118 cm³/mol. The van der Waals surface area contributed by atoms with Gasteiger partial charge in [0.25, 0.3) is 0 Å². The minimum atomic E-state index is -3.58. The van der Waals surface area contributed by atoms with Crippen molar-refractivity contribution in [2.45, 2.75) is 39.7 Å². The zero-order chi connectivity index (χ0) is 19.7. The fourth-order valence-corrected chi connectivity index (χ4v) is 6.92. The molecule has 148 valence electrons. The molecule has 0 atom stereocenters. The maximum Gasteiger partial charge on any atom is 0.305 e. The van der Waals surface area contributed by atoms with E-state index < -0.39 is 10.2 Å². The van der Waals surface area contributed by atoms with Crippen LogP contribution < -0.4 is 4.31 Å². The zero-order valence-corrected chi connectivity index (χ0v) is 18.0. The summed E-state index contributed by atoms with van der Waals surface area (Å²) in [5.41, 5.74) is 3.21. The molecular weight excluding hydrogens is 388 g/mol. The molecule has 1 aliphatic rings. The number of fused-ring (bicyclic) bond motifs is 1. The lowest BCUT2D eigenvalue weighted by Crippen LogP contribution is -2.45. The Balaban J connectivity index is 1.80. The van der Waals surface area contributed by atoms with E-state index >= 15 is 0 Å². The largest absolute Gasteiger partial charge is 0.305 e. The lowest BCUT2D eigenvalue weighted by Gasteiger charge is -2.33. The molecule has 0 bridgehead atoms. The van der Waals surface area contributed by atoms with Gasteiger partial charge in [-0.15, -0.1) is 11.3 Å². The Morgan fingerprint density at radius 3 is 2.32 bits per heavy atom. The van der Waals surface area contributed by atoms with Crippen LogP contribution in [0.5, 0.6) is 0 Å². The van der Waals surface area contributed by atoms with Crippen LogP contribution >= 0.6 is 11.3 Å². The molecule has 4 nitrogen and oxygen atoms in total. The lowest BCUT2D eigenvalue weighted by molar-refractivity contribution is 0.345. The molecule has 28 heavy (non-hydrogen) atoms. The van der Waals surface area contributed by atoms with Crippen LogP contribution in [0.2, 0.25) is 0 Å². The molecule has 0 spiro atoms. The first-order chi connectivity index (χ1) is 13.5. The average molecular weight is 415 g/mol. The molecule has 2 heterocycles. The zero-order valence-electron chi connectivity index (χ0n) is 16.4. The van der Waals surface area contributed by atoms with E-state index in [1.807, 2.05) is 50.2 Å². The van der Waals surface area contributed by atoms with Crippen molar-refractivity contribution in [2.75, 3.05) is 17.4 Å². The van der Waals surface area contributed by atoms with Crippen LogP contribution in [0, 0.1) is 13.8 Å². The Hall–Kier alpha value is -1.89. The molecule has 1 aromatic heterocycles. The third kappa shape index (κ3) is 3.69. The van der Waals surface area contributed by atoms with Crippen molar-refractivity contribution >= 4 is 36.6 Å². The number of nitrogens with zero attached hydrogens (tertiary/aromatic N) is 2. The molecule has 0 saturated carbocycles. The quantitative estimate of drug-likeness (QED) is 0.572. The van der Waals surface area contributed by atoms with E-state index in [4.69, 9.17) is 0 Å². The van der Waals surface area contributed by atoms with Gasteiger partial charge in [-0.1, -0.05) is 54.4 Å². The van der Waals surface area contributed by atoms with Gasteiger partial charge in [-0.05, 0) is 49.3 Å². The van der Waals surface area contributed by atoms with E-state index in [9.17, 15) is 8.42 Å². The summed E-state index contributed by atoms with van der Waals surface area (Å²) in [7, 11) is -3.58. The highest BCUT2D eigenvalue weighted by atomic mass is 32.2. The monoisotopic (exact) mass is 414 g/mol. The van der Waals surface area contributed by atoms with Crippen LogP contribution in [-0.2, 0) is 16.8 Å². The molecule has 2 aromatic carbocycles. The van der Waals surface area contributed by atoms with E-state index in [0.29, 0.717) is 19.6 Å². The summed E-state index contributed by atoms with van der Waals surface area (Å²) in [5.74, 6) is 0. The van der Waals surface area contributed by atoms with E-state index in [2.05, 4.69) is 12.1 Å². The molecule has 1 saturated heterocycles. The molecule has 3 aromatic rings. The highest BCUT2D eigenvalue weighted by Gasteiger charge is 2.33. The molecule has 0 N–H and O–H groups in total. The summed E-state index contributed by atoms with van der Waals surface area (Å²) in [5, 5.41) is 1.96. The number of hydrogen-bond donors (Lipinski definition) is 0. The number of piperidine rings is 1. The van der Waals surface area contributed by atoms with E-state index in [0.717, 1.165) is 45.5 Å². The minimum absolute atomic E-state index is 0.354. The molecular formula is C22H26N2O2S2. The maximum absolute atomic E-state index is 13.6. The SMILES string of the molecule is Cc1ccc(CN(c2sc3ccccc3c2C)S(=O)(=O)N2CCCCC2)cc1. The second kappa shape index (κ2) is 7.85. The number of benzene rings is 2. The standard InChI is InChI=1S/C22H26N2O2S2/c1-17-10-12-19(13-11-17)16-24(28(25,26)23-14-6-3-7-15-23)22-18(2)20-8-4-5-9-21(20)27-22/h4-5,8-13H,3,6-7,14-16H2,1-2H3. The van der Waals surface area contributed by atoms with Gasteiger partial charge >= 0.3 is 10.2 Å². The smallest absolute Gasteiger partial charge is 0.244 e. The molecule has 0 amide bonds. The summed E-state index contributed by atoms with van der Waals surface area (Å²) in [6, 6.07) is 16.3. The van der Waals surface area contributed by atoms with Gasteiger partial charge in [0.2, 0.25) is 0 Å². The van der Waals surface area contributed by atoms with Gasteiger partial charge in [0, 0.05) is 17.8 Å². The van der Waals surface area contributed by atoms with Gasteiger partial charge in [-0.25, -0.2) is 4.31 Å². The molecule has 0 aliphatic carbocycles. The van der Waals surface area contributed by atoms with Crippen LogP contribution in [0.25, 0.3) is 10.1 Å². The van der Waals surface area contributed by atoms with Crippen LogP contribution in [0.4, 0.5) is 5.00 Å². The highest BCUT2D eigenvalue weighted by Crippen LogP contribution is 2.40. The van der Waals surface area contributed by atoms with E-state index in [1.54, 1.807) is 19.9 Å². The molecule has 1 fully saturated rings. The Morgan fingerprint density at radius 1 is 0.964 bits per heavy atom.